The van der Waals surface area contributed by atoms with E-state index < -0.39 is 0 Å². The Balaban J connectivity index is 1.36. The van der Waals surface area contributed by atoms with E-state index in [2.05, 4.69) is 37.7 Å². The summed E-state index contributed by atoms with van der Waals surface area (Å²) in [5.74, 6) is -0.221. The monoisotopic (exact) mass is 446 g/mol. The standard InChI is InChI=1S/C24H23ClN6O/c25-19-6-3-5-17(14-19)20-16-28-31-11-8-21(29-23(20)31)24(32)27-15-18-4-1-2-7-22(18)30-12-9-26-10-13-30/h1-8,11,14,16,26H,9-10,12-13,15H2,(H,27,32). The molecule has 2 N–H and O–H groups in total. The first-order chi connectivity index (χ1) is 15.7. The van der Waals surface area contributed by atoms with Crippen molar-refractivity contribution in [2.75, 3.05) is 31.1 Å². The van der Waals surface area contributed by atoms with Gasteiger partial charge in [0.25, 0.3) is 5.91 Å². The van der Waals surface area contributed by atoms with Crippen molar-refractivity contribution in [2.45, 2.75) is 6.54 Å². The second-order valence-electron chi connectivity index (χ2n) is 7.70. The zero-order valence-corrected chi connectivity index (χ0v) is 18.2. The van der Waals surface area contributed by atoms with Crippen LogP contribution < -0.4 is 15.5 Å². The summed E-state index contributed by atoms with van der Waals surface area (Å²) in [6.45, 7) is 4.27. The van der Waals surface area contributed by atoms with Crippen LogP contribution in [0, 0.1) is 0 Å². The van der Waals surface area contributed by atoms with Crippen molar-refractivity contribution in [3.63, 3.8) is 0 Å². The molecule has 1 aliphatic rings. The van der Waals surface area contributed by atoms with E-state index in [0.29, 0.717) is 22.9 Å². The maximum Gasteiger partial charge on any atom is 0.270 e. The fourth-order valence-corrected chi connectivity index (χ4v) is 4.19. The maximum atomic E-state index is 12.9. The third-order valence-electron chi connectivity index (χ3n) is 5.63. The molecule has 0 bridgehead atoms. The Morgan fingerprint density at radius 1 is 1.09 bits per heavy atom. The van der Waals surface area contributed by atoms with Crippen LogP contribution in [0.4, 0.5) is 5.69 Å². The first kappa shape index (κ1) is 20.5. The van der Waals surface area contributed by atoms with Crippen LogP contribution in [0.5, 0.6) is 0 Å². The summed E-state index contributed by atoms with van der Waals surface area (Å²) < 4.78 is 1.66. The van der Waals surface area contributed by atoms with E-state index in [1.807, 2.05) is 36.4 Å². The number of aromatic nitrogens is 3. The Morgan fingerprint density at radius 3 is 2.78 bits per heavy atom. The van der Waals surface area contributed by atoms with Crippen LogP contribution in [0.2, 0.25) is 5.02 Å². The molecule has 1 fully saturated rings. The number of rotatable bonds is 5. The molecule has 0 spiro atoms. The van der Waals surface area contributed by atoms with Gasteiger partial charge in [0.15, 0.2) is 5.65 Å². The highest BCUT2D eigenvalue weighted by molar-refractivity contribution is 6.30. The van der Waals surface area contributed by atoms with Gasteiger partial charge < -0.3 is 15.5 Å². The van der Waals surface area contributed by atoms with E-state index in [1.54, 1.807) is 23.0 Å². The Labute approximate surface area is 191 Å². The Bertz CT molecular complexity index is 1260. The van der Waals surface area contributed by atoms with Gasteiger partial charge in [0, 0.05) is 55.2 Å². The first-order valence-electron chi connectivity index (χ1n) is 10.6. The lowest BCUT2D eigenvalue weighted by atomic mass is 10.1. The highest BCUT2D eigenvalue weighted by atomic mass is 35.5. The number of piperazine rings is 1. The minimum absolute atomic E-state index is 0.221. The van der Waals surface area contributed by atoms with Crippen molar-refractivity contribution in [1.82, 2.24) is 25.2 Å². The molecule has 2 aromatic heterocycles. The molecule has 1 saturated heterocycles. The van der Waals surface area contributed by atoms with Crippen LogP contribution >= 0.6 is 11.6 Å². The molecule has 7 nitrogen and oxygen atoms in total. The normalized spacial score (nSPS) is 14.0. The van der Waals surface area contributed by atoms with Crippen molar-refractivity contribution in [3.8, 4) is 11.1 Å². The molecule has 0 atom stereocenters. The number of carbonyl (C=O) groups is 1. The molecule has 3 heterocycles. The van der Waals surface area contributed by atoms with Crippen LogP contribution in [0.15, 0.2) is 67.0 Å². The van der Waals surface area contributed by atoms with Gasteiger partial charge in [-0.1, -0.05) is 41.9 Å². The third kappa shape index (κ3) is 4.17. The van der Waals surface area contributed by atoms with Gasteiger partial charge in [-0.15, -0.1) is 0 Å². The lowest BCUT2D eigenvalue weighted by molar-refractivity contribution is 0.0946. The molecule has 0 saturated carbocycles. The fourth-order valence-electron chi connectivity index (χ4n) is 4.00. The lowest BCUT2D eigenvalue weighted by Crippen LogP contribution is -2.44. The van der Waals surface area contributed by atoms with E-state index in [0.717, 1.165) is 48.6 Å². The van der Waals surface area contributed by atoms with Crippen LogP contribution in [0.1, 0.15) is 16.1 Å². The minimum atomic E-state index is -0.221. The summed E-state index contributed by atoms with van der Waals surface area (Å²) in [5.41, 5.74) is 4.94. The van der Waals surface area contributed by atoms with Crippen LogP contribution in [0.25, 0.3) is 16.8 Å². The molecular weight excluding hydrogens is 424 g/mol. The quantitative estimate of drug-likeness (QED) is 0.491. The second kappa shape index (κ2) is 8.98. The number of benzene rings is 2. The van der Waals surface area contributed by atoms with E-state index in [4.69, 9.17) is 11.6 Å². The molecule has 1 amide bonds. The van der Waals surface area contributed by atoms with Crippen molar-refractivity contribution < 1.29 is 4.79 Å². The number of carbonyl (C=O) groups excluding carboxylic acids is 1. The summed E-state index contributed by atoms with van der Waals surface area (Å²) in [4.78, 5) is 19.9. The summed E-state index contributed by atoms with van der Waals surface area (Å²) >= 11 is 6.14. The number of para-hydroxylation sites is 1. The van der Waals surface area contributed by atoms with Crippen molar-refractivity contribution in [2.24, 2.45) is 0 Å². The van der Waals surface area contributed by atoms with Gasteiger partial charge in [-0.25, -0.2) is 9.50 Å². The summed E-state index contributed by atoms with van der Waals surface area (Å²) in [6, 6.07) is 17.4. The number of halogens is 1. The number of nitrogens with zero attached hydrogens (tertiary/aromatic N) is 4. The zero-order chi connectivity index (χ0) is 21.9. The van der Waals surface area contributed by atoms with E-state index in [9.17, 15) is 4.79 Å². The van der Waals surface area contributed by atoms with Crippen molar-refractivity contribution in [1.29, 1.82) is 0 Å². The number of hydrogen-bond acceptors (Lipinski definition) is 5. The van der Waals surface area contributed by atoms with Gasteiger partial charge >= 0.3 is 0 Å². The second-order valence-corrected chi connectivity index (χ2v) is 8.13. The molecule has 0 aliphatic carbocycles. The molecule has 4 aromatic rings. The molecule has 5 rings (SSSR count). The van der Waals surface area contributed by atoms with Gasteiger partial charge in [-0.3, -0.25) is 4.79 Å². The van der Waals surface area contributed by atoms with Gasteiger partial charge in [0.1, 0.15) is 5.69 Å². The zero-order valence-electron chi connectivity index (χ0n) is 17.5. The molecule has 162 valence electrons. The molecule has 8 heteroatoms. The predicted molar refractivity (Wildman–Crippen MR) is 126 cm³/mol. The average Bonchev–Trinajstić information content (AvgIpc) is 3.26. The van der Waals surface area contributed by atoms with Gasteiger partial charge in [0.05, 0.1) is 6.20 Å². The number of anilines is 1. The van der Waals surface area contributed by atoms with Gasteiger partial charge in [-0.2, -0.15) is 5.10 Å². The summed E-state index contributed by atoms with van der Waals surface area (Å²) in [6.07, 6.45) is 3.49. The Morgan fingerprint density at radius 2 is 1.94 bits per heavy atom. The third-order valence-corrected chi connectivity index (χ3v) is 5.86. The molecule has 32 heavy (non-hydrogen) atoms. The highest BCUT2D eigenvalue weighted by Crippen LogP contribution is 2.26. The van der Waals surface area contributed by atoms with Gasteiger partial charge in [-0.05, 0) is 35.4 Å². The lowest BCUT2D eigenvalue weighted by Gasteiger charge is -2.31. The summed E-state index contributed by atoms with van der Waals surface area (Å²) in [7, 11) is 0. The highest BCUT2D eigenvalue weighted by Gasteiger charge is 2.16. The molecule has 1 aliphatic heterocycles. The minimum Gasteiger partial charge on any atom is -0.369 e. The van der Waals surface area contributed by atoms with Crippen LogP contribution in [-0.2, 0) is 6.54 Å². The largest absolute Gasteiger partial charge is 0.369 e. The number of fused-ring (bicyclic) bond motifs is 1. The van der Waals surface area contributed by atoms with Gasteiger partial charge in [0.2, 0.25) is 0 Å². The average molecular weight is 447 g/mol. The summed E-state index contributed by atoms with van der Waals surface area (Å²) in [5, 5.41) is 11.4. The number of amides is 1. The molecule has 0 radical (unpaired) electrons. The molecule has 0 unspecified atom stereocenters. The van der Waals surface area contributed by atoms with Crippen molar-refractivity contribution >= 4 is 28.8 Å². The molecule has 2 aromatic carbocycles. The predicted octanol–water partition coefficient (Wildman–Crippen LogP) is 3.39. The topological polar surface area (TPSA) is 74.6 Å². The number of hydrogen-bond donors (Lipinski definition) is 2. The number of nitrogens with one attached hydrogen (secondary N) is 2. The Hall–Kier alpha value is -3.42. The van der Waals surface area contributed by atoms with Crippen LogP contribution in [0.3, 0.4) is 0 Å². The smallest absolute Gasteiger partial charge is 0.270 e. The van der Waals surface area contributed by atoms with Crippen LogP contribution in [-0.4, -0.2) is 46.7 Å². The molecular formula is C24H23ClN6O. The maximum absolute atomic E-state index is 12.9. The fraction of sp³-hybridized carbons (Fsp3) is 0.208. The first-order valence-corrected chi connectivity index (χ1v) is 11.0. The SMILES string of the molecule is O=C(NCc1ccccc1N1CCNCC1)c1ccn2ncc(-c3cccc(Cl)c3)c2n1. The van der Waals surface area contributed by atoms with E-state index >= 15 is 0 Å². The Kier molecular flexibility index (Phi) is 5.75. The van der Waals surface area contributed by atoms with E-state index in [1.165, 1.54) is 0 Å². The van der Waals surface area contributed by atoms with E-state index in [-0.39, 0.29) is 5.91 Å². The van der Waals surface area contributed by atoms with Crippen molar-refractivity contribution in [3.05, 3.63) is 83.3 Å².